The van der Waals surface area contributed by atoms with Crippen LogP contribution in [0.1, 0.15) is 38.5 Å². The number of rotatable bonds is 3. The number of nitrogens with zero attached hydrogens (tertiary/aromatic N) is 2. The largest absolute Gasteiger partial charge is 0.326 e. The molecule has 6 rings (SSSR count). The highest BCUT2D eigenvalue weighted by molar-refractivity contribution is 6.24. The Balaban J connectivity index is 1.40. The van der Waals surface area contributed by atoms with Crippen LogP contribution in [0.4, 0.5) is 5.69 Å². The first-order chi connectivity index (χ1) is 12.0. The van der Waals surface area contributed by atoms with Crippen molar-refractivity contribution in [2.75, 3.05) is 5.32 Å². The number of imidazole rings is 1. The summed E-state index contributed by atoms with van der Waals surface area (Å²) in [5.74, 6) is 1.41. The third kappa shape index (κ3) is 2.58. The number of hydrogen-bond donors (Lipinski definition) is 1. The summed E-state index contributed by atoms with van der Waals surface area (Å²) in [6, 6.07) is 7.93. The normalized spacial score (nSPS) is 35.7. The molecule has 4 aliphatic carbocycles. The molecule has 1 N–H and O–H groups in total. The number of aromatic nitrogens is 2. The Bertz CT molecular complexity index is 802. The predicted octanol–water partition coefficient (Wildman–Crippen LogP) is 4.39. The van der Waals surface area contributed by atoms with E-state index in [1.165, 1.54) is 6.42 Å². The maximum absolute atomic E-state index is 13.2. The van der Waals surface area contributed by atoms with Gasteiger partial charge in [0.2, 0.25) is 5.91 Å². The molecular weight excluding hydrogens is 334 g/mol. The predicted molar refractivity (Wildman–Crippen MR) is 97.9 cm³/mol. The van der Waals surface area contributed by atoms with Gasteiger partial charge < -0.3 is 9.88 Å². The first-order valence-electron chi connectivity index (χ1n) is 9.13. The Labute approximate surface area is 152 Å². The Morgan fingerprint density at radius 2 is 2.04 bits per heavy atom. The van der Waals surface area contributed by atoms with Gasteiger partial charge in [0.05, 0.1) is 11.7 Å². The number of nitrogens with one attached hydrogen (secondary N) is 1. The Kier molecular flexibility index (Phi) is 3.30. The fourth-order valence-electron chi connectivity index (χ4n) is 5.84. The summed E-state index contributed by atoms with van der Waals surface area (Å²) < 4.78 is 1.94. The van der Waals surface area contributed by atoms with Gasteiger partial charge in [-0.15, -0.1) is 11.6 Å². The van der Waals surface area contributed by atoms with E-state index in [1.807, 2.05) is 35.0 Å². The summed E-state index contributed by atoms with van der Waals surface area (Å²) in [6.07, 6.45) is 11.7. The van der Waals surface area contributed by atoms with Gasteiger partial charge in [-0.3, -0.25) is 4.79 Å². The van der Waals surface area contributed by atoms with Crippen molar-refractivity contribution in [2.45, 2.75) is 43.4 Å². The standard InChI is InChI=1S/C20H22ClN3O/c21-20-10-14-6-15(11-20)9-19(8-14,12-20)18(25)23-16-2-1-3-17(7-16)24-5-4-22-13-24/h1-5,7,13-15H,6,8-12H2,(H,23,25). The molecule has 2 unspecified atom stereocenters. The highest BCUT2D eigenvalue weighted by Gasteiger charge is 2.60. The van der Waals surface area contributed by atoms with Gasteiger partial charge in [0, 0.05) is 28.6 Å². The van der Waals surface area contributed by atoms with E-state index < -0.39 is 0 Å². The number of carbonyl (C=O) groups is 1. The van der Waals surface area contributed by atoms with Crippen LogP contribution in [-0.2, 0) is 4.79 Å². The molecule has 4 bridgehead atoms. The molecule has 25 heavy (non-hydrogen) atoms. The second-order valence-corrected chi connectivity index (χ2v) is 9.17. The van der Waals surface area contributed by atoms with Gasteiger partial charge in [-0.05, 0) is 68.6 Å². The number of hydrogen-bond acceptors (Lipinski definition) is 2. The number of halogens is 1. The van der Waals surface area contributed by atoms with Crippen molar-refractivity contribution in [3.05, 3.63) is 43.0 Å². The first-order valence-corrected chi connectivity index (χ1v) is 9.50. The molecule has 0 radical (unpaired) electrons. The number of anilines is 1. The van der Waals surface area contributed by atoms with Crippen molar-refractivity contribution in [1.29, 1.82) is 0 Å². The maximum Gasteiger partial charge on any atom is 0.230 e. The van der Waals surface area contributed by atoms with Crippen molar-refractivity contribution < 1.29 is 4.79 Å². The lowest BCUT2D eigenvalue weighted by Gasteiger charge is -2.59. The molecule has 2 atom stereocenters. The molecule has 0 aliphatic heterocycles. The molecule has 4 fully saturated rings. The summed E-state index contributed by atoms with van der Waals surface area (Å²) in [7, 11) is 0. The Hall–Kier alpha value is -1.81. The van der Waals surface area contributed by atoms with Crippen molar-refractivity contribution in [3.8, 4) is 5.69 Å². The van der Waals surface area contributed by atoms with Gasteiger partial charge in [-0.25, -0.2) is 4.98 Å². The summed E-state index contributed by atoms with van der Waals surface area (Å²) in [5.41, 5.74) is 1.57. The molecule has 1 amide bonds. The first kappa shape index (κ1) is 15.4. The fraction of sp³-hybridized carbons (Fsp3) is 0.500. The van der Waals surface area contributed by atoms with E-state index in [-0.39, 0.29) is 16.2 Å². The van der Waals surface area contributed by atoms with E-state index in [0.717, 1.165) is 43.5 Å². The zero-order chi connectivity index (χ0) is 17.1. The number of carbonyl (C=O) groups excluding carboxylic acids is 1. The average Bonchev–Trinajstić information content (AvgIpc) is 3.07. The Morgan fingerprint density at radius 1 is 1.24 bits per heavy atom. The number of alkyl halides is 1. The quantitative estimate of drug-likeness (QED) is 0.830. The third-order valence-corrected chi connectivity index (χ3v) is 6.82. The van der Waals surface area contributed by atoms with Crippen LogP contribution in [0.25, 0.3) is 5.69 Å². The molecule has 4 nitrogen and oxygen atoms in total. The lowest BCUT2D eigenvalue weighted by Crippen LogP contribution is -2.57. The van der Waals surface area contributed by atoms with Crippen molar-refractivity contribution in [1.82, 2.24) is 9.55 Å². The van der Waals surface area contributed by atoms with Gasteiger partial charge in [-0.2, -0.15) is 0 Å². The molecule has 1 aromatic heterocycles. The van der Waals surface area contributed by atoms with Crippen LogP contribution in [0.5, 0.6) is 0 Å². The summed E-state index contributed by atoms with van der Waals surface area (Å²) in [4.78, 5) is 17.2. The van der Waals surface area contributed by atoms with Crippen molar-refractivity contribution in [3.63, 3.8) is 0 Å². The number of amides is 1. The second kappa shape index (κ2) is 5.34. The van der Waals surface area contributed by atoms with E-state index in [2.05, 4.69) is 10.3 Å². The SMILES string of the molecule is O=C(Nc1cccc(-n2ccnc2)c1)C12CC3CC(CC(Cl)(C3)C1)C2. The van der Waals surface area contributed by atoms with Crippen molar-refractivity contribution >= 4 is 23.2 Å². The minimum absolute atomic E-state index is 0.139. The topological polar surface area (TPSA) is 46.9 Å². The second-order valence-electron chi connectivity index (χ2n) is 8.37. The summed E-state index contributed by atoms with van der Waals surface area (Å²) in [6.45, 7) is 0. The zero-order valence-corrected chi connectivity index (χ0v) is 14.9. The zero-order valence-electron chi connectivity index (χ0n) is 14.1. The minimum Gasteiger partial charge on any atom is -0.326 e. The van der Waals surface area contributed by atoms with Crippen LogP contribution in [0.2, 0.25) is 0 Å². The molecule has 0 saturated heterocycles. The fourth-order valence-corrected chi connectivity index (χ4v) is 6.53. The van der Waals surface area contributed by atoms with Crippen LogP contribution in [0.15, 0.2) is 43.0 Å². The summed E-state index contributed by atoms with van der Waals surface area (Å²) in [5, 5.41) is 3.19. The van der Waals surface area contributed by atoms with Crippen LogP contribution < -0.4 is 5.32 Å². The van der Waals surface area contributed by atoms with E-state index >= 15 is 0 Å². The smallest absolute Gasteiger partial charge is 0.230 e. The van der Waals surface area contributed by atoms with E-state index in [9.17, 15) is 4.79 Å². The van der Waals surface area contributed by atoms with Crippen LogP contribution >= 0.6 is 11.6 Å². The molecule has 5 heteroatoms. The molecule has 130 valence electrons. The van der Waals surface area contributed by atoms with E-state index in [0.29, 0.717) is 11.8 Å². The van der Waals surface area contributed by atoms with Crippen molar-refractivity contribution in [2.24, 2.45) is 17.3 Å². The highest BCUT2D eigenvalue weighted by atomic mass is 35.5. The van der Waals surface area contributed by atoms with Gasteiger partial charge in [-0.1, -0.05) is 6.07 Å². The van der Waals surface area contributed by atoms with Gasteiger partial charge in [0.15, 0.2) is 0 Å². The highest BCUT2D eigenvalue weighted by Crippen LogP contribution is 2.64. The van der Waals surface area contributed by atoms with Gasteiger partial charge in [0.25, 0.3) is 0 Å². The molecule has 2 aromatic rings. The van der Waals surface area contributed by atoms with Crippen LogP contribution in [-0.4, -0.2) is 20.3 Å². The molecular formula is C20H22ClN3O. The molecule has 4 aliphatic rings. The van der Waals surface area contributed by atoms with E-state index in [4.69, 9.17) is 11.6 Å². The molecule has 4 saturated carbocycles. The summed E-state index contributed by atoms with van der Waals surface area (Å²) >= 11 is 6.87. The third-order valence-electron chi connectivity index (χ3n) is 6.38. The van der Waals surface area contributed by atoms with Gasteiger partial charge in [0.1, 0.15) is 0 Å². The average molecular weight is 356 g/mol. The maximum atomic E-state index is 13.2. The van der Waals surface area contributed by atoms with Crippen LogP contribution in [0, 0.1) is 17.3 Å². The Morgan fingerprint density at radius 3 is 2.72 bits per heavy atom. The lowest BCUT2D eigenvalue weighted by atomic mass is 9.49. The van der Waals surface area contributed by atoms with E-state index in [1.54, 1.807) is 12.5 Å². The molecule has 1 heterocycles. The lowest BCUT2D eigenvalue weighted by molar-refractivity contribution is -0.138. The number of benzene rings is 1. The monoisotopic (exact) mass is 355 g/mol. The van der Waals surface area contributed by atoms with Crippen LogP contribution in [0.3, 0.4) is 0 Å². The molecule has 1 aromatic carbocycles. The minimum atomic E-state index is -0.267. The molecule has 0 spiro atoms. The van der Waals surface area contributed by atoms with Gasteiger partial charge >= 0.3 is 0 Å².